The first kappa shape index (κ1) is 13.0. The van der Waals surface area contributed by atoms with Crippen LogP contribution in [0.4, 0.5) is 0 Å². The van der Waals surface area contributed by atoms with E-state index in [1.54, 1.807) is 6.92 Å². The lowest BCUT2D eigenvalue weighted by atomic mass is 9.77. The second kappa shape index (κ2) is 5.02. The lowest BCUT2D eigenvalue weighted by molar-refractivity contribution is 0.0696. The van der Waals surface area contributed by atoms with Gasteiger partial charge in [-0.05, 0) is 42.9 Å². The summed E-state index contributed by atoms with van der Waals surface area (Å²) in [7, 11) is 0. The molecule has 1 aromatic carbocycles. The summed E-state index contributed by atoms with van der Waals surface area (Å²) in [5.74, 6) is -0.990. The molecular weight excluding hydrogens is 250 g/mol. The molecule has 0 aromatic heterocycles. The first-order valence-electron chi connectivity index (χ1n) is 5.87. The molecular formula is C13H15NO3S. The van der Waals surface area contributed by atoms with Gasteiger partial charge in [0.15, 0.2) is 0 Å². The van der Waals surface area contributed by atoms with E-state index in [0.29, 0.717) is 17.0 Å². The van der Waals surface area contributed by atoms with Gasteiger partial charge in [0.05, 0.1) is 5.56 Å². The standard InChI is InChI=1S/C13H15NO3S/c1-7-5-10(8-3-2-4-8)11(12(15)14-18)6-9(7)13(16)17/h5-6,8,18H,2-4H2,1H3,(H,14,15)(H,16,17). The fourth-order valence-electron chi connectivity index (χ4n) is 2.27. The van der Waals surface area contributed by atoms with E-state index in [4.69, 9.17) is 5.11 Å². The van der Waals surface area contributed by atoms with Gasteiger partial charge in [0.1, 0.15) is 0 Å². The summed E-state index contributed by atoms with van der Waals surface area (Å²) in [6.45, 7) is 1.76. The third-order valence-electron chi connectivity index (χ3n) is 3.52. The zero-order valence-corrected chi connectivity index (χ0v) is 11.0. The zero-order valence-electron chi connectivity index (χ0n) is 10.1. The number of benzene rings is 1. The Morgan fingerprint density at radius 3 is 2.44 bits per heavy atom. The van der Waals surface area contributed by atoms with E-state index in [1.165, 1.54) is 6.07 Å². The highest BCUT2D eigenvalue weighted by molar-refractivity contribution is 7.78. The maximum Gasteiger partial charge on any atom is 0.335 e. The van der Waals surface area contributed by atoms with E-state index in [0.717, 1.165) is 24.8 Å². The Hall–Kier alpha value is -1.49. The van der Waals surface area contributed by atoms with Gasteiger partial charge in [-0.3, -0.25) is 9.52 Å². The molecule has 1 saturated carbocycles. The normalized spacial score (nSPS) is 15.0. The van der Waals surface area contributed by atoms with Crippen LogP contribution in [-0.4, -0.2) is 17.0 Å². The summed E-state index contributed by atoms with van der Waals surface area (Å²) in [5.41, 5.74) is 2.23. The van der Waals surface area contributed by atoms with Gasteiger partial charge >= 0.3 is 5.97 Å². The van der Waals surface area contributed by atoms with Crippen LogP contribution in [0, 0.1) is 6.92 Å². The predicted molar refractivity (Wildman–Crippen MR) is 71.2 cm³/mol. The first-order chi connectivity index (χ1) is 8.54. The van der Waals surface area contributed by atoms with Crippen LogP contribution in [0.3, 0.4) is 0 Å². The molecule has 2 rings (SSSR count). The number of rotatable bonds is 3. The van der Waals surface area contributed by atoms with Crippen LogP contribution in [-0.2, 0) is 0 Å². The molecule has 0 heterocycles. The summed E-state index contributed by atoms with van der Waals surface area (Å²) >= 11 is 3.75. The van der Waals surface area contributed by atoms with Gasteiger partial charge in [0, 0.05) is 5.56 Å². The van der Waals surface area contributed by atoms with Crippen molar-refractivity contribution in [1.29, 1.82) is 0 Å². The van der Waals surface area contributed by atoms with Crippen molar-refractivity contribution in [2.75, 3.05) is 0 Å². The second-order valence-corrected chi connectivity index (χ2v) is 4.85. The number of aromatic carboxylic acids is 1. The molecule has 18 heavy (non-hydrogen) atoms. The third kappa shape index (κ3) is 2.22. The van der Waals surface area contributed by atoms with Crippen LogP contribution < -0.4 is 4.72 Å². The number of aryl methyl sites for hydroxylation is 1. The van der Waals surface area contributed by atoms with E-state index in [9.17, 15) is 9.59 Å². The summed E-state index contributed by atoms with van der Waals surface area (Å²) in [6, 6.07) is 3.28. The van der Waals surface area contributed by atoms with Crippen LogP contribution in [0.25, 0.3) is 0 Å². The number of hydrogen-bond acceptors (Lipinski definition) is 3. The van der Waals surface area contributed by atoms with Crippen LogP contribution in [0.1, 0.15) is 57.0 Å². The van der Waals surface area contributed by atoms with E-state index < -0.39 is 5.97 Å². The SMILES string of the molecule is Cc1cc(C2CCC2)c(C(=O)NS)cc1C(=O)O. The minimum absolute atomic E-state index is 0.171. The molecule has 1 fully saturated rings. The molecule has 0 spiro atoms. The average Bonchev–Trinajstić information content (AvgIpc) is 2.25. The molecule has 2 N–H and O–H groups in total. The summed E-state index contributed by atoms with van der Waals surface area (Å²) in [6.07, 6.45) is 3.27. The molecule has 0 radical (unpaired) electrons. The Morgan fingerprint density at radius 2 is 2.00 bits per heavy atom. The highest BCUT2D eigenvalue weighted by Crippen LogP contribution is 2.39. The zero-order chi connectivity index (χ0) is 13.3. The van der Waals surface area contributed by atoms with E-state index in [2.05, 4.69) is 17.5 Å². The van der Waals surface area contributed by atoms with Gasteiger partial charge in [-0.25, -0.2) is 4.79 Å². The van der Waals surface area contributed by atoms with Crippen molar-refractivity contribution >= 4 is 24.7 Å². The topological polar surface area (TPSA) is 66.4 Å². The lowest BCUT2D eigenvalue weighted by Gasteiger charge is -2.28. The van der Waals surface area contributed by atoms with Crippen molar-refractivity contribution in [3.8, 4) is 0 Å². The molecule has 0 bridgehead atoms. The predicted octanol–water partition coefficient (Wildman–Crippen LogP) is 2.54. The number of carboxylic acids is 1. The van der Waals surface area contributed by atoms with E-state index in [1.807, 2.05) is 6.07 Å². The van der Waals surface area contributed by atoms with Gasteiger partial charge in [-0.15, -0.1) is 0 Å². The number of thiol groups is 1. The second-order valence-electron chi connectivity index (χ2n) is 4.63. The van der Waals surface area contributed by atoms with Gasteiger partial charge in [0.25, 0.3) is 5.91 Å². The Morgan fingerprint density at radius 1 is 1.33 bits per heavy atom. The minimum Gasteiger partial charge on any atom is -0.478 e. The van der Waals surface area contributed by atoms with E-state index in [-0.39, 0.29) is 11.5 Å². The highest BCUT2D eigenvalue weighted by Gasteiger charge is 2.26. The van der Waals surface area contributed by atoms with Crippen LogP contribution in [0.5, 0.6) is 0 Å². The van der Waals surface area contributed by atoms with E-state index >= 15 is 0 Å². The molecule has 96 valence electrons. The number of hydrogen-bond donors (Lipinski definition) is 3. The summed E-state index contributed by atoms with van der Waals surface area (Å²) in [4.78, 5) is 22.9. The smallest absolute Gasteiger partial charge is 0.335 e. The number of amides is 1. The maximum atomic E-state index is 11.8. The number of carbonyl (C=O) groups excluding carboxylic acids is 1. The molecule has 0 saturated heterocycles. The summed E-state index contributed by atoms with van der Waals surface area (Å²) < 4.78 is 2.27. The van der Waals surface area contributed by atoms with Crippen LogP contribution in [0.2, 0.25) is 0 Å². The fourth-order valence-corrected chi connectivity index (χ4v) is 2.40. The van der Waals surface area contributed by atoms with Gasteiger partial charge < -0.3 is 5.11 Å². The Bertz CT molecular complexity index is 509. The van der Waals surface area contributed by atoms with Crippen molar-refractivity contribution in [3.05, 3.63) is 34.4 Å². The number of nitrogens with one attached hydrogen (secondary N) is 1. The van der Waals surface area contributed by atoms with Crippen molar-refractivity contribution in [2.45, 2.75) is 32.1 Å². The van der Waals surface area contributed by atoms with Gasteiger partial charge in [-0.1, -0.05) is 25.3 Å². The molecule has 1 aliphatic carbocycles. The first-order valence-corrected chi connectivity index (χ1v) is 6.31. The minimum atomic E-state index is -1.01. The molecule has 0 unspecified atom stereocenters. The van der Waals surface area contributed by atoms with Crippen LogP contribution in [0.15, 0.2) is 12.1 Å². The largest absolute Gasteiger partial charge is 0.478 e. The van der Waals surface area contributed by atoms with Gasteiger partial charge in [0.2, 0.25) is 0 Å². The Labute approximate surface area is 111 Å². The highest BCUT2D eigenvalue weighted by atomic mass is 32.1. The third-order valence-corrected chi connectivity index (χ3v) is 3.72. The molecule has 1 amide bonds. The molecule has 4 nitrogen and oxygen atoms in total. The number of carbonyl (C=O) groups is 2. The monoisotopic (exact) mass is 265 g/mol. The molecule has 5 heteroatoms. The Balaban J connectivity index is 2.53. The molecule has 0 atom stereocenters. The quantitative estimate of drug-likeness (QED) is 0.736. The van der Waals surface area contributed by atoms with Crippen molar-refractivity contribution in [1.82, 2.24) is 4.72 Å². The molecule has 1 aliphatic rings. The molecule has 0 aliphatic heterocycles. The lowest BCUT2D eigenvalue weighted by Crippen LogP contribution is -2.20. The molecule has 1 aromatic rings. The van der Waals surface area contributed by atoms with Crippen LogP contribution >= 0.6 is 12.8 Å². The van der Waals surface area contributed by atoms with Crippen molar-refractivity contribution in [2.24, 2.45) is 0 Å². The maximum absolute atomic E-state index is 11.8. The van der Waals surface area contributed by atoms with Gasteiger partial charge in [-0.2, -0.15) is 0 Å². The average molecular weight is 265 g/mol. The fraction of sp³-hybridized carbons (Fsp3) is 0.385. The van der Waals surface area contributed by atoms with Crippen molar-refractivity contribution < 1.29 is 14.7 Å². The van der Waals surface area contributed by atoms with Crippen molar-refractivity contribution in [3.63, 3.8) is 0 Å². The number of carboxylic acid groups (broad SMARTS) is 1. The Kier molecular flexibility index (Phi) is 3.61. The summed E-state index contributed by atoms with van der Waals surface area (Å²) in [5, 5.41) is 9.09.